The molecule has 0 unspecified atom stereocenters. The summed E-state index contributed by atoms with van der Waals surface area (Å²) in [6, 6.07) is 12.8. The van der Waals surface area contributed by atoms with Crippen LogP contribution in [0.2, 0.25) is 0 Å². The van der Waals surface area contributed by atoms with Gasteiger partial charge in [-0.15, -0.1) is 0 Å². The van der Waals surface area contributed by atoms with Crippen LogP contribution in [0.5, 0.6) is 0 Å². The number of benzene rings is 2. The second-order valence-electron chi connectivity index (χ2n) is 7.31. The number of fused-ring (bicyclic) bond motifs is 1. The maximum Gasteiger partial charge on any atom is 0.258 e. The minimum absolute atomic E-state index is 0.00130. The SMILES string of the molecule is CNN=C(C=Nc1ccc(C(=O)N2CCNCC2)cc1)c1cc2ccc(F)cc2[nH]c1=O. The monoisotopic (exact) mass is 434 g/mol. The van der Waals surface area contributed by atoms with E-state index in [9.17, 15) is 14.0 Å². The lowest BCUT2D eigenvalue weighted by Crippen LogP contribution is -2.46. The number of hydrogen-bond donors (Lipinski definition) is 3. The summed E-state index contributed by atoms with van der Waals surface area (Å²) in [4.78, 5) is 34.0. The minimum atomic E-state index is -0.426. The zero-order valence-electron chi connectivity index (χ0n) is 17.6. The number of carbonyl (C=O) groups excluding carboxylic acids is 1. The molecule has 32 heavy (non-hydrogen) atoms. The highest BCUT2D eigenvalue weighted by Gasteiger charge is 2.17. The summed E-state index contributed by atoms with van der Waals surface area (Å²) in [5, 5.41) is 8.06. The van der Waals surface area contributed by atoms with Crippen molar-refractivity contribution in [3.05, 3.63) is 75.8 Å². The predicted octanol–water partition coefficient (Wildman–Crippen LogP) is 2.04. The van der Waals surface area contributed by atoms with Crippen LogP contribution in [-0.4, -0.2) is 60.9 Å². The van der Waals surface area contributed by atoms with E-state index in [0.717, 1.165) is 13.1 Å². The number of nitrogens with zero attached hydrogens (tertiary/aromatic N) is 3. The Labute approximate surface area is 183 Å². The molecule has 1 aliphatic heterocycles. The number of rotatable bonds is 5. The number of piperazine rings is 1. The average Bonchev–Trinajstić information content (AvgIpc) is 2.82. The molecule has 3 aromatic rings. The summed E-state index contributed by atoms with van der Waals surface area (Å²) in [5.41, 5.74) is 4.52. The summed E-state index contributed by atoms with van der Waals surface area (Å²) in [6.07, 6.45) is 1.48. The molecule has 1 aliphatic rings. The van der Waals surface area contributed by atoms with E-state index >= 15 is 0 Å². The first kappa shape index (κ1) is 21.4. The first-order valence-electron chi connectivity index (χ1n) is 10.3. The molecule has 8 nitrogen and oxygen atoms in total. The Kier molecular flexibility index (Phi) is 6.37. The fourth-order valence-electron chi connectivity index (χ4n) is 3.52. The Morgan fingerprint density at radius 1 is 1.12 bits per heavy atom. The highest BCUT2D eigenvalue weighted by molar-refractivity contribution is 6.38. The molecule has 3 N–H and O–H groups in total. The summed E-state index contributed by atoms with van der Waals surface area (Å²) in [5.74, 6) is -0.427. The Bertz CT molecular complexity index is 1240. The minimum Gasteiger partial charge on any atom is -0.336 e. The standard InChI is InChI=1S/C23H23FN6O2/c1-25-29-21(19-12-16-2-5-17(24)13-20(16)28-22(19)31)14-27-18-6-3-15(4-7-18)23(32)30-10-8-26-9-11-30/h2-7,12-14,25-26H,8-11H2,1H3,(H,28,31). The van der Waals surface area contributed by atoms with E-state index in [-0.39, 0.29) is 5.91 Å². The molecule has 2 aromatic carbocycles. The van der Waals surface area contributed by atoms with E-state index in [1.807, 2.05) is 4.90 Å². The number of halogens is 1. The highest BCUT2D eigenvalue weighted by Crippen LogP contribution is 2.16. The van der Waals surface area contributed by atoms with Crippen LogP contribution >= 0.6 is 0 Å². The van der Waals surface area contributed by atoms with E-state index < -0.39 is 11.4 Å². The van der Waals surface area contributed by atoms with Crippen LogP contribution in [0.4, 0.5) is 10.1 Å². The van der Waals surface area contributed by atoms with Crippen LogP contribution < -0.4 is 16.3 Å². The number of carbonyl (C=O) groups is 1. The predicted molar refractivity (Wildman–Crippen MR) is 123 cm³/mol. The van der Waals surface area contributed by atoms with Crippen LogP contribution in [0.3, 0.4) is 0 Å². The summed E-state index contributed by atoms with van der Waals surface area (Å²) in [6.45, 7) is 2.97. The van der Waals surface area contributed by atoms with Crippen LogP contribution in [0.25, 0.3) is 10.9 Å². The molecule has 1 fully saturated rings. The molecule has 1 amide bonds. The zero-order chi connectivity index (χ0) is 22.5. The molecule has 0 aliphatic carbocycles. The molecule has 0 bridgehead atoms. The first-order valence-corrected chi connectivity index (χ1v) is 10.3. The molecular weight excluding hydrogens is 411 g/mol. The van der Waals surface area contributed by atoms with Gasteiger partial charge in [-0.2, -0.15) is 5.10 Å². The van der Waals surface area contributed by atoms with E-state index in [2.05, 4.69) is 25.8 Å². The number of aromatic nitrogens is 1. The van der Waals surface area contributed by atoms with Gasteiger partial charge in [-0.3, -0.25) is 14.6 Å². The van der Waals surface area contributed by atoms with Gasteiger partial charge in [0.1, 0.15) is 11.5 Å². The van der Waals surface area contributed by atoms with Crippen molar-refractivity contribution < 1.29 is 9.18 Å². The van der Waals surface area contributed by atoms with Crippen molar-refractivity contribution in [1.82, 2.24) is 20.6 Å². The van der Waals surface area contributed by atoms with Crippen molar-refractivity contribution in [3.8, 4) is 0 Å². The number of pyridine rings is 1. The average molecular weight is 434 g/mol. The highest BCUT2D eigenvalue weighted by atomic mass is 19.1. The number of aromatic amines is 1. The molecule has 0 saturated carbocycles. The molecular formula is C23H23FN6O2. The summed E-state index contributed by atoms with van der Waals surface area (Å²) in [7, 11) is 1.62. The smallest absolute Gasteiger partial charge is 0.258 e. The maximum absolute atomic E-state index is 13.4. The van der Waals surface area contributed by atoms with Crippen LogP contribution in [0.15, 0.2) is 63.4 Å². The Hall–Kier alpha value is -3.85. The number of hydrazone groups is 1. The lowest BCUT2D eigenvalue weighted by molar-refractivity contribution is 0.0736. The second-order valence-corrected chi connectivity index (χ2v) is 7.31. The molecule has 4 rings (SSSR count). The molecule has 0 spiro atoms. The van der Waals surface area contributed by atoms with Gasteiger partial charge in [-0.05, 0) is 53.9 Å². The number of H-pyrrole nitrogens is 1. The second kappa shape index (κ2) is 9.52. The van der Waals surface area contributed by atoms with Gasteiger partial charge in [-0.25, -0.2) is 4.39 Å². The summed E-state index contributed by atoms with van der Waals surface area (Å²) >= 11 is 0. The lowest BCUT2D eigenvalue weighted by Gasteiger charge is -2.27. The van der Waals surface area contributed by atoms with Crippen LogP contribution in [-0.2, 0) is 0 Å². The number of hydrogen-bond acceptors (Lipinski definition) is 6. The van der Waals surface area contributed by atoms with Crippen LogP contribution in [0, 0.1) is 5.82 Å². The fraction of sp³-hybridized carbons (Fsp3) is 0.217. The Balaban J connectivity index is 1.56. The third kappa shape index (κ3) is 4.73. The Morgan fingerprint density at radius 3 is 2.59 bits per heavy atom. The number of nitrogens with one attached hydrogen (secondary N) is 3. The van der Waals surface area contributed by atoms with Crippen molar-refractivity contribution >= 4 is 34.4 Å². The quantitative estimate of drug-likeness (QED) is 0.422. The van der Waals surface area contributed by atoms with Crippen LogP contribution in [0.1, 0.15) is 15.9 Å². The van der Waals surface area contributed by atoms with Gasteiger partial charge in [-0.1, -0.05) is 0 Å². The zero-order valence-corrected chi connectivity index (χ0v) is 17.6. The maximum atomic E-state index is 13.4. The van der Waals surface area contributed by atoms with E-state index in [0.29, 0.717) is 46.5 Å². The van der Waals surface area contributed by atoms with E-state index in [1.165, 1.54) is 18.3 Å². The largest absolute Gasteiger partial charge is 0.336 e. The van der Waals surface area contributed by atoms with Crippen molar-refractivity contribution in [2.24, 2.45) is 10.1 Å². The van der Waals surface area contributed by atoms with Gasteiger partial charge in [0.25, 0.3) is 11.5 Å². The topological polar surface area (TPSA) is 102 Å². The van der Waals surface area contributed by atoms with Gasteiger partial charge in [0.2, 0.25) is 0 Å². The third-order valence-corrected chi connectivity index (χ3v) is 5.17. The van der Waals surface area contributed by atoms with Gasteiger partial charge in [0.05, 0.1) is 23.0 Å². The first-order chi connectivity index (χ1) is 15.5. The molecule has 1 aromatic heterocycles. The molecule has 9 heteroatoms. The molecule has 0 atom stereocenters. The van der Waals surface area contributed by atoms with Crippen molar-refractivity contribution in [3.63, 3.8) is 0 Å². The van der Waals surface area contributed by atoms with E-state index in [1.54, 1.807) is 43.4 Å². The van der Waals surface area contributed by atoms with Crippen molar-refractivity contribution in [1.29, 1.82) is 0 Å². The van der Waals surface area contributed by atoms with Gasteiger partial charge < -0.3 is 20.6 Å². The normalized spacial score (nSPS) is 14.8. The fourth-order valence-corrected chi connectivity index (χ4v) is 3.52. The van der Waals surface area contributed by atoms with E-state index in [4.69, 9.17) is 0 Å². The number of aliphatic imine (C=N–C) groups is 1. The van der Waals surface area contributed by atoms with Gasteiger partial charge in [0.15, 0.2) is 0 Å². The van der Waals surface area contributed by atoms with Crippen molar-refractivity contribution in [2.45, 2.75) is 0 Å². The molecule has 1 saturated heterocycles. The number of amides is 1. The third-order valence-electron chi connectivity index (χ3n) is 5.17. The molecule has 0 radical (unpaired) electrons. The molecule has 164 valence electrons. The summed E-state index contributed by atoms with van der Waals surface area (Å²) < 4.78 is 13.4. The van der Waals surface area contributed by atoms with Crippen molar-refractivity contribution in [2.75, 3.05) is 33.2 Å². The Morgan fingerprint density at radius 2 is 1.88 bits per heavy atom. The van der Waals surface area contributed by atoms with Gasteiger partial charge >= 0.3 is 0 Å². The molecule has 2 heterocycles. The lowest BCUT2D eigenvalue weighted by atomic mass is 10.1. The van der Waals surface area contributed by atoms with Gasteiger partial charge in [0, 0.05) is 38.8 Å².